The maximum atomic E-state index is 13.5. The second kappa shape index (κ2) is 4.84. The molecule has 0 unspecified atom stereocenters. The van der Waals surface area contributed by atoms with E-state index in [1.54, 1.807) is 0 Å². The number of hydrogen-bond donors (Lipinski definition) is 0. The van der Waals surface area contributed by atoms with Crippen LogP contribution in [0.4, 0.5) is 8.78 Å². The Hall–Kier alpha value is -0.780. The monoisotopic (exact) mass is 336 g/mol. The number of ketones is 1. The van der Waals surface area contributed by atoms with Gasteiger partial charge < -0.3 is 0 Å². The van der Waals surface area contributed by atoms with Crippen LogP contribution in [0.15, 0.2) is 28.7 Å². The van der Waals surface area contributed by atoms with Crippen LogP contribution < -0.4 is 0 Å². The number of benzene rings is 1. The molecule has 1 nitrogen and oxygen atoms in total. The molecule has 0 amide bonds. The van der Waals surface area contributed by atoms with Gasteiger partial charge in [0.15, 0.2) is 0 Å². The molecule has 17 heavy (non-hydrogen) atoms. The van der Waals surface area contributed by atoms with Crippen LogP contribution in [0.5, 0.6) is 0 Å². The summed E-state index contributed by atoms with van der Waals surface area (Å²) in [6, 6.07) is 4.81. The van der Waals surface area contributed by atoms with Gasteiger partial charge in [0.2, 0.25) is 5.78 Å². The average molecular weight is 338 g/mol. The lowest BCUT2D eigenvalue weighted by molar-refractivity contribution is 0.103. The lowest BCUT2D eigenvalue weighted by atomic mass is 10.1. The SMILES string of the molecule is O=C(c1ccc(Cl)s1)c1cc(F)c(Br)cc1F. The molecule has 1 aromatic heterocycles. The van der Waals surface area contributed by atoms with Crippen molar-refractivity contribution in [3.63, 3.8) is 0 Å². The van der Waals surface area contributed by atoms with Gasteiger partial charge in [0.25, 0.3) is 0 Å². The van der Waals surface area contributed by atoms with Crippen molar-refractivity contribution in [1.29, 1.82) is 0 Å². The molecule has 1 heterocycles. The smallest absolute Gasteiger partial charge is 0.206 e. The Morgan fingerprint density at radius 1 is 1.24 bits per heavy atom. The van der Waals surface area contributed by atoms with E-state index in [9.17, 15) is 13.6 Å². The molecule has 0 aliphatic rings. The second-order valence-electron chi connectivity index (χ2n) is 3.18. The van der Waals surface area contributed by atoms with Crippen molar-refractivity contribution in [3.8, 4) is 0 Å². The van der Waals surface area contributed by atoms with E-state index in [4.69, 9.17) is 11.6 Å². The van der Waals surface area contributed by atoms with Gasteiger partial charge in [-0.1, -0.05) is 11.6 Å². The lowest BCUT2D eigenvalue weighted by Gasteiger charge is -2.02. The number of carbonyl (C=O) groups is 1. The molecule has 2 aromatic rings. The third-order valence-electron chi connectivity index (χ3n) is 2.05. The van der Waals surface area contributed by atoms with E-state index in [2.05, 4.69) is 15.9 Å². The van der Waals surface area contributed by atoms with E-state index in [1.165, 1.54) is 12.1 Å². The van der Waals surface area contributed by atoms with Crippen molar-refractivity contribution in [2.75, 3.05) is 0 Å². The molecule has 0 aliphatic heterocycles. The zero-order chi connectivity index (χ0) is 12.6. The Bertz CT molecular complexity index is 597. The Balaban J connectivity index is 2.47. The first-order chi connectivity index (χ1) is 7.99. The van der Waals surface area contributed by atoms with Crippen LogP contribution in [0.1, 0.15) is 15.2 Å². The Labute approximate surface area is 113 Å². The molecule has 2 rings (SSSR count). The van der Waals surface area contributed by atoms with E-state index >= 15 is 0 Å². The lowest BCUT2D eigenvalue weighted by Crippen LogP contribution is -2.03. The number of rotatable bonds is 2. The van der Waals surface area contributed by atoms with Gasteiger partial charge in [-0.25, -0.2) is 8.78 Å². The minimum atomic E-state index is -0.771. The van der Waals surface area contributed by atoms with E-state index in [-0.39, 0.29) is 14.9 Å². The first-order valence-corrected chi connectivity index (χ1v) is 6.42. The van der Waals surface area contributed by atoms with Crippen molar-refractivity contribution in [3.05, 3.63) is 55.1 Å². The van der Waals surface area contributed by atoms with Crippen LogP contribution in [0.2, 0.25) is 4.34 Å². The van der Waals surface area contributed by atoms with Crippen LogP contribution in [-0.4, -0.2) is 5.78 Å². The average Bonchev–Trinajstić information content (AvgIpc) is 2.69. The summed E-state index contributed by atoms with van der Waals surface area (Å²) in [5.74, 6) is -2.03. The first-order valence-electron chi connectivity index (χ1n) is 4.43. The van der Waals surface area contributed by atoms with Gasteiger partial charge in [0.05, 0.1) is 19.2 Å². The van der Waals surface area contributed by atoms with Crippen LogP contribution in [-0.2, 0) is 0 Å². The van der Waals surface area contributed by atoms with Crippen molar-refractivity contribution in [2.24, 2.45) is 0 Å². The largest absolute Gasteiger partial charge is 0.288 e. The standard InChI is InChI=1S/C11H4BrClF2OS/c12-6-4-7(14)5(3-8(6)15)11(16)9-1-2-10(13)17-9/h1-4H. The minimum Gasteiger partial charge on any atom is -0.288 e. The van der Waals surface area contributed by atoms with Crippen molar-refractivity contribution >= 4 is 44.7 Å². The first kappa shape index (κ1) is 12.7. The van der Waals surface area contributed by atoms with Crippen molar-refractivity contribution in [2.45, 2.75) is 0 Å². The number of hydrogen-bond acceptors (Lipinski definition) is 2. The molecule has 0 fully saturated rings. The highest BCUT2D eigenvalue weighted by Gasteiger charge is 2.18. The Morgan fingerprint density at radius 3 is 2.53 bits per heavy atom. The third-order valence-corrected chi connectivity index (χ3v) is 3.89. The molecule has 6 heteroatoms. The number of halogens is 4. The third kappa shape index (κ3) is 2.56. The van der Waals surface area contributed by atoms with Crippen molar-refractivity contribution in [1.82, 2.24) is 0 Å². The fourth-order valence-corrected chi connectivity index (χ4v) is 2.58. The zero-order valence-electron chi connectivity index (χ0n) is 8.14. The fourth-order valence-electron chi connectivity index (χ4n) is 1.27. The molecule has 0 spiro atoms. The molecule has 0 radical (unpaired) electrons. The quantitative estimate of drug-likeness (QED) is 0.575. The molecule has 0 atom stereocenters. The maximum absolute atomic E-state index is 13.5. The Morgan fingerprint density at radius 2 is 1.94 bits per heavy atom. The van der Waals surface area contributed by atoms with Gasteiger partial charge in [0.1, 0.15) is 11.6 Å². The van der Waals surface area contributed by atoms with Gasteiger partial charge in [-0.3, -0.25) is 4.79 Å². The normalized spacial score (nSPS) is 10.6. The summed E-state index contributed by atoms with van der Waals surface area (Å²) in [5.41, 5.74) is -0.302. The zero-order valence-corrected chi connectivity index (χ0v) is 11.3. The number of carbonyl (C=O) groups excluding carboxylic acids is 1. The summed E-state index contributed by atoms with van der Waals surface area (Å²) in [4.78, 5) is 12.1. The molecule has 0 saturated heterocycles. The topological polar surface area (TPSA) is 17.1 Å². The molecular weight excluding hydrogens is 334 g/mol. The minimum absolute atomic E-state index is 0.0178. The van der Waals surface area contributed by atoms with Crippen LogP contribution in [0, 0.1) is 11.6 Å². The highest BCUT2D eigenvalue weighted by Crippen LogP contribution is 2.26. The van der Waals surface area contributed by atoms with E-state index in [0.29, 0.717) is 4.34 Å². The van der Waals surface area contributed by atoms with Gasteiger partial charge in [0, 0.05) is 0 Å². The molecule has 0 N–H and O–H groups in total. The predicted octanol–water partition coefficient (Wildman–Crippen LogP) is 4.67. The predicted molar refractivity (Wildman–Crippen MR) is 66.8 cm³/mol. The molecule has 0 bridgehead atoms. The van der Waals surface area contributed by atoms with Crippen LogP contribution in [0.3, 0.4) is 0 Å². The van der Waals surface area contributed by atoms with Gasteiger partial charge in [-0.15, -0.1) is 11.3 Å². The molecule has 0 saturated carbocycles. The van der Waals surface area contributed by atoms with Crippen LogP contribution >= 0.6 is 38.9 Å². The molecule has 88 valence electrons. The second-order valence-corrected chi connectivity index (χ2v) is 5.75. The Kier molecular flexibility index (Phi) is 3.61. The van der Waals surface area contributed by atoms with Crippen LogP contribution in [0.25, 0.3) is 0 Å². The van der Waals surface area contributed by atoms with E-state index in [1.807, 2.05) is 0 Å². The van der Waals surface area contributed by atoms with Crippen molar-refractivity contribution < 1.29 is 13.6 Å². The summed E-state index contributed by atoms with van der Waals surface area (Å²) < 4.78 is 27.2. The number of thiophene rings is 1. The maximum Gasteiger partial charge on any atom is 0.206 e. The molecule has 1 aromatic carbocycles. The molecule has 0 aliphatic carbocycles. The summed E-state index contributed by atoms with van der Waals surface area (Å²) in [6.07, 6.45) is 0. The van der Waals surface area contributed by atoms with E-state index in [0.717, 1.165) is 23.5 Å². The van der Waals surface area contributed by atoms with Gasteiger partial charge in [-0.2, -0.15) is 0 Å². The summed E-state index contributed by atoms with van der Waals surface area (Å²) in [6.45, 7) is 0. The highest BCUT2D eigenvalue weighted by molar-refractivity contribution is 9.10. The van der Waals surface area contributed by atoms with Gasteiger partial charge in [-0.05, 0) is 40.2 Å². The highest BCUT2D eigenvalue weighted by atomic mass is 79.9. The van der Waals surface area contributed by atoms with Gasteiger partial charge >= 0.3 is 0 Å². The summed E-state index contributed by atoms with van der Waals surface area (Å²) in [7, 11) is 0. The summed E-state index contributed by atoms with van der Waals surface area (Å²) in [5, 5.41) is 0. The molecular formula is C11H4BrClF2OS. The summed E-state index contributed by atoms with van der Waals surface area (Å²) >= 11 is 9.55. The van der Waals surface area contributed by atoms with E-state index < -0.39 is 17.4 Å². The fraction of sp³-hybridized carbons (Fsp3) is 0.